The lowest BCUT2D eigenvalue weighted by Gasteiger charge is -2.20. The molecule has 0 saturated heterocycles. The maximum absolute atomic E-state index is 11.3. The number of carbonyl (C=O) groups is 2. The maximum atomic E-state index is 11.3. The minimum atomic E-state index is -0.728. The molecule has 0 saturated carbocycles. The maximum Gasteiger partial charge on any atom is 0.258 e. The first kappa shape index (κ1) is 7.94. The van der Waals surface area contributed by atoms with Crippen LogP contribution in [-0.4, -0.2) is 11.8 Å². The number of benzene rings is 1. The predicted octanol–water partition coefficient (Wildman–Crippen LogP) is -0.0436. The summed E-state index contributed by atoms with van der Waals surface area (Å²) in [5.74, 6) is -0.814. The topological polar surface area (TPSA) is 72.2 Å². The standard InChI is InChI=1S/C9H8N2O2/c10-7-5-3-1-2-4-6(5)8(12)11-9(7)13/h1-4,7H,10H2,(H,11,12,13)/t7-/m1/s1. The van der Waals surface area contributed by atoms with Crippen LogP contribution in [0.4, 0.5) is 0 Å². The molecule has 0 unspecified atom stereocenters. The Morgan fingerprint density at radius 1 is 1.23 bits per heavy atom. The van der Waals surface area contributed by atoms with Crippen molar-refractivity contribution in [3.63, 3.8) is 0 Å². The lowest BCUT2D eigenvalue weighted by molar-refractivity contribution is -0.121. The molecule has 0 aliphatic carbocycles. The average molecular weight is 176 g/mol. The zero-order valence-corrected chi connectivity index (χ0v) is 6.78. The normalized spacial score (nSPS) is 20.8. The molecule has 4 heteroatoms. The smallest absolute Gasteiger partial charge is 0.258 e. The van der Waals surface area contributed by atoms with E-state index in [1.165, 1.54) is 0 Å². The van der Waals surface area contributed by atoms with Gasteiger partial charge in [-0.2, -0.15) is 0 Å². The van der Waals surface area contributed by atoms with E-state index < -0.39 is 11.9 Å². The molecule has 1 aliphatic heterocycles. The summed E-state index contributed by atoms with van der Waals surface area (Å²) in [5, 5.41) is 2.18. The highest BCUT2D eigenvalue weighted by atomic mass is 16.2. The van der Waals surface area contributed by atoms with E-state index >= 15 is 0 Å². The SMILES string of the molecule is N[C@H]1C(=O)NC(=O)c2ccccc21. The van der Waals surface area contributed by atoms with Crippen molar-refractivity contribution >= 4 is 11.8 Å². The molecule has 66 valence electrons. The molecule has 1 aromatic rings. The summed E-state index contributed by atoms with van der Waals surface area (Å²) in [7, 11) is 0. The molecule has 1 heterocycles. The number of nitrogens with two attached hydrogens (primary N) is 1. The minimum absolute atomic E-state index is 0.373. The van der Waals surface area contributed by atoms with E-state index in [9.17, 15) is 9.59 Å². The Bertz CT molecular complexity index is 387. The third-order valence-corrected chi connectivity index (χ3v) is 2.06. The highest BCUT2D eigenvalue weighted by Gasteiger charge is 2.28. The van der Waals surface area contributed by atoms with Gasteiger partial charge in [-0.3, -0.25) is 14.9 Å². The number of amides is 2. The fraction of sp³-hybridized carbons (Fsp3) is 0.111. The van der Waals surface area contributed by atoms with Crippen molar-refractivity contribution in [3.05, 3.63) is 35.4 Å². The van der Waals surface area contributed by atoms with E-state index in [1.54, 1.807) is 24.3 Å². The zero-order chi connectivity index (χ0) is 9.42. The molecule has 0 radical (unpaired) electrons. The number of carbonyl (C=O) groups excluding carboxylic acids is 2. The van der Waals surface area contributed by atoms with Crippen LogP contribution in [0.5, 0.6) is 0 Å². The number of nitrogens with one attached hydrogen (secondary N) is 1. The van der Waals surface area contributed by atoms with Crippen LogP contribution in [0.25, 0.3) is 0 Å². The third-order valence-electron chi connectivity index (χ3n) is 2.06. The average Bonchev–Trinajstić information content (AvgIpc) is 2.15. The van der Waals surface area contributed by atoms with Gasteiger partial charge >= 0.3 is 0 Å². The lowest BCUT2D eigenvalue weighted by Crippen LogP contribution is -2.43. The number of hydrogen-bond acceptors (Lipinski definition) is 3. The Labute approximate surface area is 74.7 Å². The van der Waals surface area contributed by atoms with Gasteiger partial charge in [0.2, 0.25) is 5.91 Å². The Morgan fingerprint density at radius 3 is 2.69 bits per heavy atom. The van der Waals surface area contributed by atoms with E-state index in [-0.39, 0.29) is 5.91 Å². The molecular formula is C9H8N2O2. The van der Waals surface area contributed by atoms with Crippen molar-refractivity contribution in [1.82, 2.24) is 5.32 Å². The Balaban J connectivity index is 2.60. The second-order valence-electron chi connectivity index (χ2n) is 2.88. The van der Waals surface area contributed by atoms with E-state index in [2.05, 4.69) is 5.32 Å². The van der Waals surface area contributed by atoms with Gasteiger partial charge in [0.15, 0.2) is 0 Å². The van der Waals surface area contributed by atoms with Crippen molar-refractivity contribution in [3.8, 4) is 0 Å². The van der Waals surface area contributed by atoms with Gasteiger partial charge in [-0.1, -0.05) is 18.2 Å². The molecule has 13 heavy (non-hydrogen) atoms. The lowest BCUT2D eigenvalue weighted by atomic mass is 9.96. The monoisotopic (exact) mass is 176 g/mol. The molecule has 2 amide bonds. The van der Waals surface area contributed by atoms with E-state index in [4.69, 9.17) is 5.73 Å². The van der Waals surface area contributed by atoms with Crippen molar-refractivity contribution in [1.29, 1.82) is 0 Å². The third kappa shape index (κ3) is 1.11. The second kappa shape index (κ2) is 2.67. The highest BCUT2D eigenvalue weighted by Crippen LogP contribution is 2.19. The minimum Gasteiger partial charge on any atom is -0.316 e. The van der Waals surface area contributed by atoms with E-state index in [0.29, 0.717) is 11.1 Å². The second-order valence-corrected chi connectivity index (χ2v) is 2.88. The van der Waals surface area contributed by atoms with Crippen molar-refractivity contribution in [2.24, 2.45) is 5.73 Å². The molecule has 0 aromatic heterocycles. The van der Waals surface area contributed by atoms with Crippen LogP contribution < -0.4 is 11.1 Å². The van der Waals surface area contributed by atoms with Gasteiger partial charge in [-0.15, -0.1) is 0 Å². The number of rotatable bonds is 0. The molecule has 1 aromatic carbocycles. The zero-order valence-electron chi connectivity index (χ0n) is 6.78. The van der Waals surface area contributed by atoms with E-state index in [1.807, 2.05) is 0 Å². The Morgan fingerprint density at radius 2 is 1.92 bits per heavy atom. The number of hydrogen-bond donors (Lipinski definition) is 2. The summed E-state index contributed by atoms with van der Waals surface area (Å²) in [4.78, 5) is 22.4. The molecule has 3 N–H and O–H groups in total. The van der Waals surface area contributed by atoms with Crippen LogP contribution in [0.3, 0.4) is 0 Å². The Kier molecular flexibility index (Phi) is 1.63. The fourth-order valence-corrected chi connectivity index (χ4v) is 1.37. The molecular weight excluding hydrogens is 168 g/mol. The van der Waals surface area contributed by atoms with E-state index in [0.717, 1.165) is 0 Å². The predicted molar refractivity (Wildman–Crippen MR) is 45.8 cm³/mol. The summed E-state index contributed by atoms with van der Waals surface area (Å²) in [6.45, 7) is 0. The largest absolute Gasteiger partial charge is 0.316 e. The fourth-order valence-electron chi connectivity index (χ4n) is 1.37. The molecule has 4 nitrogen and oxygen atoms in total. The summed E-state index contributed by atoms with van der Waals surface area (Å²) in [6, 6.07) is 6.10. The van der Waals surface area contributed by atoms with Gasteiger partial charge in [0.25, 0.3) is 5.91 Å². The summed E-state index contributed by atoms with van der Waals surface area (Å²) in [5.41, 5.74) is 6.66. The van der Waals surface area contributed by atoms with Crippen LogP contribution >= 0.6 is 0 Å². The van der Waals surface area contributed by atoms with Crippen LogP contribution in [0.1, 0.15) is 22.0 Å². The molecule has 1 atom stereocenters. The van der Waals surface area contributed by atoms with Crippen molar-refractivity contribution in [2.45, 2.75) is 6.04 Å². The van der Waals surface area contributed by atoms with Crippen LogP contribution in [0, 0.1) is 0 Å². The van der Waals surface area contributed by atoms with Crippen LogP contribution in [0.2, 0.25) is 0 Å². The summed E-state index contributed by atoms with van der Waals surface area (Å²) < 4.78 is 0. The van der Waals surface area contributed by atoms with Crippen LogP contribution in [-0.2, 0) is 4.79 Å². The first-order valence-electron chi connectivity index (χ1n) is 3.90. The van der Waals surface area contributed by atoms with Crippen molar-refractivity contribution < 1.29 is 9.59 Å². The molecule has 2 rings (SSSR count). The summed E-state index contributed by atoms with van der Waals surface area (Å²) in [6.07, 6.45) is 0. The van der Waals surface area contributed by atoms with Gasteiger partial charge in [0, 0.05) is 5.56 Å². The van der Waals surface area contributed by atoms with Gasteiger partial charge < -0.3 is 5.73 Å². The molecule has 1 aliphatic rings. The van der Waals surface area contributed by atoms with Crippen LogP contribution in [0.15, 0.2) is 24.3 Å². The van der Waals surface area contributed by atoms with Gasteiger partial charge in [0.1, 0.15) is 6.04 Å². The molecule has 0 bridgehead atoms. The first-order chi connectivity index (χ1) is 6.20. The highest BCUT2D eigenvalue weighted by molar-refractivity contribution is 6.11. The molecule has 0 spiro atoms. The number of imide groups is 1. The molecule has 0 fully saturated rings. The van der Waals surface area contributed by atoms with Gasteiger partial charge in [-0.05, 0) is 11.6 Å². The van der Waals surface area contributed by atoms with Gasteiger partial charge in [0.05, 0.1) is 0 Å². The Hall–Kier alpha value is -1.68. The van der Waals surface area contributed by atoms with Gasteiger partial charge in [-0.25, -0.2) is 0 Å². The van der Waals surface area contributed by atoms with Crippen molar-refractivity contribution in [2.75, 3.05) is 0 Å². The number of fused-ring (bicyclic) bond motifs is 1. The summed E-state index contributed by atoms with van der Waals surface area (Å²) >= 11 is 0. The quantitative estimate of drug-likeness (QED) is 0.544. The first-order valence-corrected chi connectivity index (χ1v) is 3.90.